The van der Waals surface area contributed by atoms with Gasteiger partial charge >= 0.3 is 0 Å². The molecule has 4 nitrogen and oxygen atoms in total. The first-order valence-electron chi connectivity index (χ1n) is 21.5. The van der Waals surface area contributed by atoms with Gasteiger partial charge in [-0.15, -0.1) is 0 Å². The van der Waals surface area contributed by atoms with Crippen LogP contribution in [0.5, 0.6) is 5.75 Å². The molecule has 0 saturated heterocycles. The van der Waals surface area contributed by atoms with Crippen molar-refractivity contribution in [2.75, 3.05) is 0 Å². The van der Waals surface area contributed by atoms with Crippen LogP contribution in [0.3, 0.4) is 0 Å². The third-order valence-electron chi connectivity index (χ3n) is 11.2. The second-order valence-electron chi connectivity index (χ2n) is 16.4. The van der Waals surface area contributed by atoms with Gasteiger partial charge in [0.25, 0.3) is 0 Å². The SMILES string of the molecule is [2H]C([2H])([2H])c1ccc(-c2ccnc(-c3cc(-c4ccccc4)cc(-c4cccc5c4nc(-c4cc(C)cc(C)c4O)n5-c4ccc(-c5ccccc5)c(C(C)(C)C)c4)c3)c2)cc1. The van der Waals surface area contributed by atoms with Crippen molar-refractivity contribution in [3.63, 3.8) is 0 Å². The van der Waals surface area contributed by atoms with E-state index in [9.17, 15) is 5.11 Å². The van der Waals surface area contributed by atoms with Crippen LogP contribution in [0.4, 0.5) is 0 Å². The fourth-order valence-corrected chi connectivity index (χ4v) is 8.22. The highest BCUT2D eigenvalue weighted by Crippen LogP contribution is 2.42. The molecule has 0 aliphatic rings. The zero-order chi connectivity index (χ0) is 43.3. The van der Waals surface area contributed by atoms with Gasteiger partial charge in [-0.2, -0.15) is 0 Å². The molecule has 9 aromatic rings. The van der Waals surface area contributed by atoms with Crippen molar-refractivity contribution in [3.05, 3.63) is 192 Å². The number of nitrogens with zero attached hydrogens (tertiary/aromatic N) is 3. The Balaban J connectivity index is 1.27. The van der Waals surface area contributed by atoms with E-state index < -0.39 is 6.85 Å². The predicted molar refractivity (Wildman–Crippen MR) is 246 cm³/mol. The van der Waals surface area contributed by atoms with Gasteiger partial charge in [-0.25, -0.2) is 4.98 Å². The van der Waals surface area contributed by atoms with Gasteiger partial charge in [0.15, 0.2) is 0 Å². The highest BCUT2D eigenvalue weighted by atomic mass is 16.3. The number of aryl methyl sites for hydroxylation is 3. The van der Waals surface area contributed by atoms with Crippen LogP contribution in [0.2, 0.25) is 0 Å². The van der Waals surface area contributed by atoms with E-state index in [1.54, 1.807) is 18.3 Å². The molecule has 9 rings (SSSR count). The number of pyridine rings is 1. The Kier molecular flexibility index (Phi) is 8.68. The van der Waals surface area contributed by atoms with Crippen molar-refractivity contribution in [2.45, 2.75) is 46.9 Å². The minimum atomic E-state index is -2.17. The van der Waals surface area contributed by atoms with E-state index in [0.29, 0.717) is 17.0 Å². The van der Waals surface area contributed by atoms with E-state index in [0.717, 1.165) is 78.0 Å². The van der Waals surface area contributed by atoms with Gasteiger partial charge in [-0.1, -0.05) is 136 Å². The van der Waals surface area contributed by atoms with Crippen LogP contribution in [0.1, 0.15) is 47.1 Å². The summed E-state index contributed by atoms with van der Waals surface area (Å²) in [6.45, 7) is 8.55. The Morgan fingerprint density at radius 3 is 1.97 bits per heavy atom. The monoisotopic (exact) mass is 768 g/mol. The summed E-state index contributed by atoms with van der Waals surface area (Å²) in [6.07, 6.45) is 1.80. The van der Waals surface area contributed by atoms with Crippen molar-refractivity contribution in [1.82, 2.24) is 14.5 Å². The number of para-hydroxylation sites is 1. The summed E-state index contributed by atoms with van der Waals surface area (Å²) < 4.78 is 25.7. The number of aromatic hydroxyl groups is 1. The van der Waals surface area contributed by atoms with E-state index >= 15 is 0 Å². The quantitative estimate of drug-likeness (QED) is 0.176. The molecule has 1 N–H and O–H groups in total. The summed E-state index contributed by atoms with van der Waals surface area (Å²) in [5, 5.41) is 11.7. The smallest absolute Gasteiger partial charge is 0.149 e. The van der Waals surface area contributed by atoms with Crippen LogP contribution in [-0.4, -0.2) is 19.6 Å². The molecule has 0 unspecified atom stereocenters. The maximum atomic E-state index is 11.7. The van der Waals surface area contributed by atoms with E-state index in [2.05, 4.69) is 122 Å². The third kappa shape index (κ3) is 7.23. The van der Waals surface area contributed by atoms with Gasteiger partial charge < -0.3 is 5.11 Å². The van der Waals surface area contributed by atoms with E-state index in [4.69, 9.17) is 14.1 Å². The number of phenols is 1. The summed E-state index contributed by atoms with van der Waals surface area (Å²) in [7, 11) is 0. The minimum absolute atomic E-state index is 0.175. The fourth-order valence-electron chi connectivity index (χ4n) is 8.22. The molecule has 0 fully saturated rings. The number of aromatic nitrogens is 3. The number of phenolic OH excluding ortho intramolecular Hbond substituents is 1. The molecule has 2 heterocycles. The summed E-state index contributed by atoms with van der Waals surface area (Å²) in [4.78, 5) is 10.3. The second-order valence-corrected chi connectivity index (χ2v) is 16.4. The van der Waals surface area contributed by atoms with Gasteiger partial charge in [0.2, 0.25) is 0 Å². The summed E-state index contributed by atoms with van der Waals surface area (Å²) >= 11 is 0. The van der Waals surface area contributed by atoms with Crippen LogP contribution in [-0.2, 0) is 5.41 Å². The lowest BCUT2D eigenvalue weighted by molar-refractivity contribution is 0.472. The third-order valence-corrected chi connectivity index (χ3v) is 11.2. The number of imidazole rings is 1. The van der Waals surface area contributed by atoms with Gasteiger partial charge in [-0.05, 0) is 136 Å². The molecule has 0 atom stereocenters. The van der Waals surface area contributed by atoms with Crippen LogP contribution in [0, 0.1) is 20.7 Å². The molecule has 0 aliphatic carbocycles. The average molecular weight is 769 g/mol. The fraction of sp³-hybridized carbons (Fsp3) is 0.127. The molecule has 0 amide bonds. The van der Waals surface area contributed by atoms with Gasteiger partial charge in [0, 0.05) is 27.1 Å². The molecule has 7 aromatic carbocycles. The van der Waals surface area contributed by atoms with Crippen molar-refractivity contribution in [2.24, 2.45) is 0 Å². The standard InChI is InChI=1S/C55H47N3O/c1-35-20-22-39(23-21-35)41-26-27-56-50(33-41)44-31-42(38-14-9-7-10-15-38)30-43(32-44)47-18-13-19-51-52(47)57-54(48-29-36(2)28-37(3)53(48)59)58(51)45-24-25-46(40-16-11-8-12-17-40)49(34-45)55(4,5)6/h7-34,59H,1-6H3/i1D3. The molecule has 0 radical (unpaired) electrons. The Labute approximate surface area is 351 Å². The summed E-state index contributed by atoms with van der Waals surface area (Å²) in [6, 6.07) is 55.5. The normalized spacial score (nSPS) is 12.6. The lowest BCUT2D eigenvalue weighted by Gasteiger charge is -2.25. The molecular weight excluding hydrogens is 719 g/mol. The molecule has 59 heavy (non-hydrogen) atoms. The molecule has 0 aliphatic heterocycles. The lowest BCUT2D eigenvalue weighted by atomic mass is 9.81. The number of benzene rings is 7. The molecule has 0 bridgehead atoms. The largest absolute Gasteiger partial charge is 0.507 e. The first-order chi connectivity index (χ1) is 29.7. The zero-order valence-corrected chi connectivity index (χ0v) is 34.0. The molecule has 4 heteroatoms. The first kappa shape index (κ1) is 34.0. The Bertz CT molecular complexity index is 3110. The van der Waals surface area contributed by atoms with E-state index in [1.807, 2.05) is 68.4 Å². The molecule has 0 saturated carbocycles. The maximum absolute atomic E-state index is 11.7. The zero-order valence-electron chi connectivity index (χ0n) is 37.0. The highest BCUT2D eigenvalue weighted by Gasteiger charge is 2.25. The number of hydrogen-bond donors (Lipinski definition) is 1. The van der Waals surface area contributed by atoms with Crippen LogP contribution in [0.15, 0.2) is 170 Å². The topological polar surface area (TPSA) is 50.9 Å². The van der Waals surface area contributed by atoms with E-state index in [-0.39, 0.29) is 11.2 Å². The summed E-state index contributed by atoms with van der Waals surface area (Å²) in [5.74, 6) is 0.861. The average Bonchev–Trinajstić information content (AvgIpc) is 3.67. The molecule has 2 aromatic heterocycles. The van der Waals surface area contributed by atoms with Crippen LogP contribution >= 0.6 is 0 Å². The van der Waals surface area contributed by atoms with Crippen LogP contribution < -0.4 is 0 Å². The molecule has 0 spiro atoms. The van der Waals surface area contributed by atoms with Crippen molar-refractivity contribution in [3.8, 4) is 78.6 Å². The van der Waals surface area contributed by atoms with Gasteiger partial charge in [0.05, 0.1) is 22.3 Å². The number of rotatable bonds is 7. The van der Waals surface area contributed by atoms with Crippen LogP contribution in [0.25, 0.3) is 83.9 Å². The van der Waals surface area contributed by atoms with Crippen molar-refractivity contribution < 1.29 is 9.22 Å². The maximum Gasteiger partial charge on any atom is 0.149 e. The van der Waals surface area contributed by atoms with Gasteiger partial charge in [-0.3, -0.25) is 9.55 Å². The van der Waals surface area contributed by atoms with Crippen molar-refractivity contribution in [1.29, 1.82) is 0 Å². The summed E-state index contributed by atoms with van der Waals surface area (Å²) in [5.41, 5.74) is 16.4. The van der Waals surface area contributed by atoms with E-state index in [1.165, 1.54) is 11.1 Å². The molecule has 288 valence electrons. The lowest BCUT2D eigenvalue weighted by Crippen LogP contribution is -2.14. The molecular formula is C55H47N3O. The number of fused-ring (bicyclic) bond motifs is 1. The van der Waals surface area contributed by atoms with Crippen molar-refractivity contribution >= 4 is 11.0 Å². The van der Waals surface area contributed by atoms with Gasteiger partial charge in [0.1, 0.15) is 11.6 Å². The Hall–Kier alpha value is -7.04. The highest BCUT2D eigenvalue weighted by molar-refractivity contribution is 5.98. The second kappa shape index (κ2) is 15.0. The number of hydrogen-bond acceptors (Lipinski definition) is 3. The predicted octanol–water partition coefficient (Wildman–Crippen LogP) is 14.4. The first-order valence-corrected chi connectivity index (χ1v) is 20.0. The minimum Gasteiger partial charge on any atom is -0.507 e. The Morgan fingerprint density at radius 1 is 0.542 bits per heavy atom. The Morgan fingerprint density at radius 2 is 1.24 bits per heavy atom.